The van der Waals surface area contributed by atoms with Gasteiger partial charge in [-0.15, -0.1) is 0 Å². The van der Waals surface area contributed by atoms with Gasteiger partial charge in [0.15, 0.2) is 15.7 Å². The lowest BCUT2D eigenvalue weighted by Gasteiger charge is -2.14. The molecule has 2 N–H and O–H groups in total. The molecule has 0 spiro atoms. The molecule has 9 heteroatoms. The number of aryl methyl sites for hydroxylation is 1. The Bertz CT molecular complexity index is 1020. The van der Waals surface area contributed by atoms with Gasteiger partial charge in [-0.1, -0.05) is 0 Å². The Morgan fingerprint density at radius 1 is 1.35 bits per heavy atom. The van der Waals surface area contributed by atoms with Gasteiger partial charge in [0, 0.05) is 25.5 Å². The Morgan fingerprint density at radius 2 is 2.04 bits per heavy atom. The highest BCUT2D eigenvalue weighted by Crippen LogP contribution is 2.32. The molecule has 2 aromatic rings. The molecule has 0 amide bonds. The number of sulfone groups is 1. The van der Waals surface area contributed by atoms with Crippen molar-refractivity contribution in [3.63, 3.8) is 0 Å². The number of aromatic nitrogens is 2. The molecule has 0 unspecified atom stereocenters. The van der Waals surface area contributed by atoms with Crippen molar-refractivity contribution in [1.82, 2.24) is 9.78 Å². The summed E-state index contributed by atoms with van der Waals surface area (Å²) >= 11 is 0. The minimum Gasteiger partial charge on any atom is -0.381 e. The van der Waals surface area contributed by atoms with Gasteiger partial charge in [0.1, 0.15) is 5.56 Å². The number of anilines is 1. The zero-order valence-corrected chi connectivity index (χ0v) is 15.3. The normalized spacial score (nSPS) is 14.4. The van der Waals surface area contributed by atoms with Crippen LogP contribution >= 0.6 is 0 Å². The number of hydrogen-bond acceptors (Lipinski definition) is 5. The van der Waals surface area contributed by atoms with Crippen LogP contribution in [0.5, 0.6) is 0 Å². The number of rotatable bonds is 7. The van der Waals surface area contributed by atoms with Crippen molar-refractivity contribution in [2.24, 2.45) is 5.92 Å². The van der Waals surface area contributed by atoms with E-state index in [1.807, 2.05) is 0 Å². The summed E-state index contributed by atoms with van der Waals surface area (Å²) in [4.78, 5) is 24.6. The summed E-state index contributed by atoms with van der Waals surface area (Å²) in [5, 5.41) is 5.47. The molecular weight excluding hydrogens is 361 g/mol. The van der Waals surface area contributed by atoms with E-state index in [0.717, 1.165) is 25.2 Å². The predicted octanol–water partition coefficient (Wildman–Crippen LogP) is 1.79. The Balaban J connectivity index is 2.06. The first-order valence-electron chi connectivity index (χ1n) is 8.33. The smallest absolute Gasteiger partial charge is 0.277 e. The molecule has 1 aromatic heterocycles. The average Bonchev–Trinajstić information content (AvgIpc) is 3.33. The first-order chi connectivity index (χ1) is 12.2. The second-order valence-electron chi connectivity index (χ2n) is 6.46. The van der Waals surface area contributed by atoms with Crippen LogP contribution in [0.25, 0.3) is 0 Å². The van der Waals surface area contributed by atoms with Crippen LogP contribution in [0.2, 0.25) is 0 Å². The Morgan fingerprint density at radius 3 is 2.58 bits per heavy atom. The molecular formula is C17H20FN3O4S. The van der Waals surface area contributed by atoms with Crippen LogP contribution < -0.4 is 10.9 Å². The van der Waals surface area contributed by atoms with Crippen LogP contribution in [0.4, 0.5) is 10.1 Å². The third-order valence-electron chi connectivity index (χ3n) is 4.41. The van der Waals surface area contributed by atoms with Crippen LogP contribution in [-0.4, -0.2) is 36.8 Å². The molecule has 1 aromatic carbocycles. The third-order valence-corrected chi connectivity index (χ3v) is 5.55. The standard InChI is InChI=1S/C17H20FN3O4S/c1-3-21-17(23)12(9-20-21)16(22)11-6-7-13(26(2,24)25)15(14(11)18)19-8-10-4-5-10/h6-7,9-10,19-20H,3-5,8H2,1-2H3. The number of nitrogens with one attached hydrogen (secondary N) is 2. The molecule has 0 radical (unpaired) electrons. The summed E-state index contributed by atoms with van der Waals surface area (Å²) in [6.07, 6.45) is 4.22. The number of carbonyl (C=O) groups excluding carboxylic acids is 1. The third kappa shape index (κ3) is 3.44. The van der Waals surface area contributed by atoms with E-state index >= 15 is 4.39 Å². The van der Waals surface area contributed by atoms with Crippen molar-refractivity contribution >= 4 is 21.3 Å². The van der Waals surface area contributed by atoms with E-state index in [2.05, 4.69) is 10.4 Å². The van der Waals surface area contributed by atoms with E-state index in [1.165, 1.54) is 16.9 Å². The second-order valence-corrected chi connectivity index (χ2v) is 8.45. The lowest BCUT2D eigenvalue weighted by atomic mass is 10.0. The zero-order chi connectivity index (χ0) is 19.1. The van der Waals surface area contributed by atoms with Gasteiger partial charge in [0.2, 0.25) is 5.78 Å². The first-order valence-corrected chi connectivity index (χ1v) is 10.2. The van der Waals surface area contributed by atoms with Gasteiger partial charge >= 0.3 is 0 Å². The maximum Gasteiger partial charge on any atom is 0.277 e. The number of nitrogens with zero attached hydrogens (tertiary/aromatic N) is 1. The second kappa shape index (κ2) is 6.71. The van der Waals surface area contributed by atoms with Gasteiger partial charge in [-0.05, 0) is 37.8 Å². The van der Waals surface area contributed by atoms with Gasteiger partial charge in [0.05, 0.1) is 16.1 Å². The average molecular weight is 381 g/mol. The summed E-state index contributed by atoms with van der Waals surface area (Å²) in [5.74, 6) is -1.37. The molecule has 0 saturated heterocycles. The lowest BCUT2D eigenvalue weighted by molar-refractivity contribution is 0.103. The summed E-state index contributed by atoms with van der Waals surface area (Å²) in [7, 11) is -3.68. The van der Waals surface area contributed by atoms with E-state index in [9.17, 15) is 18.0 Å². The van der Waals surface area contributed by atoms with E-state index in [4.69, 9.17) is 0 Å². The maximum absolute atomic E-state index is 15.0. The van der Waals surface area contributed by atoms with Gasteiger partial charge in [-0.3, -0.25) is 14.3 Å². The van der Waals surface area contributed by atoms with Crippen molar-refractivity contribution in [1.29, 1.82) is 0 Å². The molecule has 1 saturated carbocycles. The Hall–Kier alpha value is -2.42. The number of halogens is 1. The number of ketones is 1. The predicted molar refractivity (Wildman–Crippen MR) is 94.9 cm³/mol. The van der Waals surface area contributed by atoms with Crippen molar-refractivity contribution < 1.29 is 17.6 Å². The molecule has 1 aliphatic carbocycles. The minimum atomic E-state index is -3.68. The van der Waals surface area contributed by atoms with E-state index in [1.54, 1.807) is 6.92 Å². The fourth-order valence-corrected chi connectivity index (χ4v) is 3.57. The van der Waals surface area contributed by atoms with Crippen molar-refractivity contribution in [3.05, 3.63) is 45.6 Å². The largest absolute Gasteiger partial charge is 0.381 e. The first kappa shape index (κ1) is 18.4. The monoisotopic (exact) mass is 381 g/mol. The highest BCUT2D eigenvalue weighted by molar-refractivity contribution is 7.90. The van der Waals surface area contributed by atoms with Crippen molar-refractivity contribution in [2.45, 2.75) is 31.2 Å². The summed E-state index contributed by atoms with van der Waals surface area (Å²) < 4.78 is 40.2. The number of carbonyl (C=O) groups is 1. The van der Waals surface area contributed by atoms with Gasteiger partial charge in [-0.25, -0.2) is 12.8 Å². The van der Waals surface area contributed by atoms with Crippen LogP contribution in [0, 0.1) is 11.7 Å². The number of aromatic amines is 1. The Labute approximate surface area is 150 Å². The molecule has 26 heavy (non-hydrogen) atoms. The topological polar surface area (TPSA) is 101 Å². The number of H-pyrrole nitrogens is 1. The zero-order valence-electron chi connectivity index (χ0n) is 14.5. The van der Waals surface area contributed by atoms with Crippen LogP contribution in [0.15, 0.2) is 28.0 Å². The highest BCUT2D eigenvalue weighted by atomic mass is 32.2. The molecule has 7 nitrogen and oxygen atoms in total. The van der Waals surface area contributed by atoms with E-state index < -0.39 is 27.0 Å². The van der Waals surface area contributed by atoms with Crippen LogP contribution in [0.1, 0.15) is 35.7 Å². The van der Waals surface area contributed by atoms with Gasteiger partial charge in [-0.2, -0.15) is 0 Å². The molecule has 0 aliphatic heterocycles. The molecule has 0 atom stereocenters. The summed E-state index contributed by atoms with van der Waals surface area (Å²) in [6.45, 7) is 2.51. The van der Waals surface area contributed by atoms with Crippen molar-refractivity contribution in [2.75, 3.05) is 18.1 Å². The van der Waals surface area contributed by atoms with Gasteiger partial charge < -0.3 is 10.4 Å². The molecule has 1 aliphatic rings. The SMILES string of the molecule is CCn1[nH]cc(C(=O)c2ccc(S(C)(=O)=O)c(NCC3CC3)c2F)c1=O. The van der Waals surface area contributed by atoms with Crippen molar-refractivity contribution in [3.8, 4) is 0 Å². The quantitative estimate of drug-likeness (QED) is 0.712. The summed E-state index contributed by atoms with van der Waals surface area (Å²) in [6, 6.07) is 2.31. The highest BCUT2D eigenvalue weighted by Gasteiger charge is 2.27. The maximum atomic E-state index is 15.0. The minimum absolute atomic E-state index is 0.189. The fourth-order valence-electron chi connectivity index (χ4n) is 2.73. The number of benzene rings is 1. The van der Waals surface area contributed by atoms with E-state index in [0.29, 0.717) is 19.0 Å². The molecule has 140 valence electrons. The van der Waals surface area contributed by atoms with E-state index in [-0.39, 0.29) is 21.7 Å². The molecule has 3 rings (SSSR count). The number of hydrogen-bond donors (Lipinski definition) is 2. The van der Waals surface area contributed by atoms with Crippen LogP contribution in [0.3, 0.4) is 0 Å². The van der Waals surface area contributed by atoms with Gasteiger partial charge in [0.25, 0.3) is 5.56 Å². The van der Waals surface area contributed by atoms with Crippen LogP contribution in [-0.2, 0) is 16.4 Å². The Kier molecular flexibility index (Phi) is 4.74. The fraction of sp³-hybridized carbons (Fsp3) is 0.412. The molecule has 0 bridgehead atoms. The molecule has 1 fully saturated rings. The lowest BCUT2D eigenvalue weighted by Crippen LogP contribution is -2.22. The summed E-state index contributed by atoms with van der Waals surface area (Å²) in [5.41, 5.74) is -1.28. The molecule has 1 heterocycles.